The van der Waals surface area contributed by atoms with Crippen molar-refractivity contribution in [3.8, 4) is 11.1 Å². The predicted octanol–water partition coefficient (Wildman–Crippen LogP) is 4.50. The number of ether oxygens (including phenoxy) is 1. The Morgan fingerprint density at radius 3 is 2.75 bits per heavy atom. The predicted molar refractivity (Wildman–Crippen MR) is 130 cm³/mol. The second-order valence-electron chi connectivity index (χ2n) is 7.25. The van der Waals surface area contributed by atoms with Crippen molar-refractivity contribution in [2.75, 3.05) is 18.2 Å². The first kappa shape index (κ1) is 22.6. The highest BCUT2D eigenvalue weighted by atomic mass is 32.2. The standard InChI is InChI=1S/C21H21N5O3S3/c1-11(2)12-4-6-13(7-5-12)14-9-30-19-17(14)18(28)23-20(24-19)31-10-15(27)22-21-26-25-16(32-21)8-29-3/h4-7,9,11H,8,10H2,1-3H3,(H,22,26,27)(H,23,24,28). The molecule has 0 spiro atoms. The third-order valence-corrected chi connectivity index (χ3v) is 7.19. The fraction of sp³-hybridized carbons (Fsp3) is 0.286. The highest BCUT2D eigenvalue weighted by Gasteiger charge is 2.15. The van der Waals surface area contributed by atoms with Crippen LogP contribution in [0.25, 0.3) is 21.3 Å². The summed E-state index contributed by atoms with van der Waals surface area (Å²) in [5, 5.41) is 14.5. The van der Waals surface area contributed by atoms with Crippen LogP contribution in [0.2, 0.25) is 0 Å². The van der Waals surface area contributed by atoms with Crippen LogP contribution < -0.4 is 10.9 Å². The number of rotatable bonds is 8. The van der Waals surface area contributed by atoms with Gasteiger partial charge in [0, 0.05) is 18.1 Å². The van der Waals surface area contributed by atoms with E-state index in [2.05, 4.69) is 51.5 Å². The van der Waals surface area contributed by atoms with Crippen LogP contribution in [-0.4, -0.2) is 38.9 Å². The number of nitrogens with zero attached hydrogens (tertiary/aromatic N) is 3. The number of methoxy groups -OCH3 is 1. The Morgan fingerprint density at radius 1 is 1.25 bits per heavy atom. The van der Waals surface area contributed by atoms with Crippen molar-refractivity contribution in [2.24, 2.45) is 0 Å². The monoisotopic (exact) mass is 487 g/mol. The molecule has 8 nitrogen and oxygen atoms in total. The summed E-state index contributed by atoms with van der Waals surface area (Å²) in [7, 11) is 1.57. The van der Waals surface area contributed by atoms with Crippen molar-refractivity contribution in [2.45, 2.75) is 31.5 Å². The summed E-state index contributed by atoms with van der Waals surface area (Å²) in [4.78, 5) is 33.0. The number of amides is 1. The number of thioether (sulfide) groups is 1. The van der Waals surface area contributed by atoms with E-state index < -0.39 is 0 Å². The topological polar surface area (TPSA) is 110 Å². The summed E-state index contributed by atoms with van der Waals surface area (Å²) in [5.41, 5.74) is 2.89. The van der Waals surface area contributed by atoms with Crippen LogP contribution >= 0.6 is 34.4 Å². The summed E-state index contributed by atoms with van der Waals surface area (Å²) in [6.45, 7) is 4.64. The van der Waals surface area contributed by atoms with Crippen LogP contribution in [0.4, 0.5) is 5.13 Å². The lowest BCUT2D eigenvalue weighted by Gasteiger charge is -2.06. The van der Waals surface area contributed by atoms with E-state index in [-0.39, 0.29) is 17.2 Å². The molecule has 0 radical (unpaired) electrons. The molecule has 3 heterocycles. The molecule has 0 fully saturated rings. The molecular formula is C21H21N5O3S3. The highest BCUT2D eigenvalue weighted by Crippen LogP contribution is 2.32. The fourth-order valence-corrected chi connectivity index (χ4v) is 5.43. The van der Waals surface area contributed by atoms with Crippen LogP contribution in [-0.2, 0) is 16.1 Å². The zero-order valence-electron chi connectivity index (χ0n) is 17.7. The average molecular weight is 488 g/mol. The molecule has 0 aliphatic carbocycles. The van der Waals surface area contributed by atoms with Gasteiger partial charge in [0.25, 0.3) is 5.56 Å². The van der Waals surface area contributed by atoms with Gasteiger partial charge in [-0.2, -0.15) is 0 Å². The van der Waals surface area contributed by atoms with Gasteiger partial charge in [-0.3, -0.25) is 14.9 Å². The SMILES string of the molecule is COCc1nnc(NC(=O)CSc2nc3scc(-c4ccc(C(C)C)cc4)c3c(=O)[nH]2)s1. The Labute approximate surface area is 196 Å². The maximum Gasteiger partial charge on any atom is 0.260 e. The van der Waals surface area contributed by atoms with Crippen molar-refractivity contribution in [3.63, 3.8) is 0 Å². The number of fused-ring (bicyclic) bond motifs is 1. The van der Waals surface area contributed by atoms with Gasteiger partial charge >= 0.3 is 0 Å². The minimum atomic E-state index is -0.255. The second kappa shape index (κ2) is 9.90. The quantitative estimate of drug-likeness (QED) is 0.278. The molecular weight excluding hydrogens is 466 g/mol. The van der Waals surface area contributed by atoms with Crippen molar-refractivity contribution in [1.29, 1.82) is 0 Å². The lowest BCUT2D eigenvalue weighted by Crippen LogP contribution is -2.15. The minimum absolute atomic E-state index is 0.0858. The molecule has 32 heavy (non-hydrogen) atoms. The molecule has 0 saturated heterocycles. The van der Waals surface area contributed by atoms with Crippen LogP contribution in [0.3, 0.4) is 0 Å². The van der Waals surface area contributed by atoms with E-state index in [0.29, 0.717) is 38.0 Å². The number of carbonyl (C=O) groups is 1. The number of aromatic amines is 1. The van der Waals surface area contributed by atoms with E-state index in [1.165, 1.54) is 28.2 Å². The Morgan fingerprint density at radius 2 is 2.03 bits per heavy atom. The Bertz CT molecular complexity index is 1290. The molecule has 4 rings (SSSR count). The van der Waals surface area contributed by atoms with Gasteiger partial charge in [0.1, 0.15) is 16.4 Å². The molecule has 0 aliphatic rings. The third-order valence-electron chi connectivity index (χ3n) is 4.63. The molecule has 0 bridgehead atoms. The summed E-state index contributed by atoms with van der Waals surface area (Å²) in [5.74, 6) is 0.280. The molecule has 166 valence electrons. The normalized spacial score (nSPS) is 11.4. The number of aromatic nitrogens is 4. The van der Waals surface area contributed by atoms with Crippen LogP contribution in [0.15, 0.2) is 39.6 Å². The van der Waals surface area contributed by atoms with Gasteiger partial charge in [-0.1, -0.05) is 61.2 Å². The maximum atomic E-state index is 12.8. The van der Waals surface area contributed by atoms with Crippen LogP contribution in [0, 0.1) is 0 Å². The zero-order valence-corrected chi connectivity index (χ0v) is 20.1. The summed E-state index contributed by atoms with van der Waals surface area (Å²) in [6, 6.07) is 8.25. The number of nitrogens with one attached hydrogen (secondary N) is 2. The van der Waals surface area contributed by atoms with E-state index in [4.69, 9.17) is 4.74 Å². The van der Waals surface area contributed by atoms with Gasteiger partial charge in [-0.15, -0.1) is 21.5 Å². The maximum absolute atomic E-state index is 12.8. The highest BCUT2D eigenvalue weighted by molar-refractivity contribution is 7.99. The molecule has 4 aromatic rings. The Hall–Kier alpha value is -2.60. The molecule has 11 heteroatoms. The Kier molecular flexibility index (Phi) is 6.99. The summed E-state index contributed by atoms with van der Waals surface area (Å²) in [6.07, 6.45) is 0. The van der Waals surface area contributed by atoms with Gasteiger partial charge in [0.05, 0.1) is 11.1 Å². The Balaban J connectivity index is 1.46. The minimum Gasteiger partial charge on any atom is -0.377 e. The molecule has 0 saturated carbocycles. The molecule has 0 aliphatic heterocycles. The fourth-order valence-electron chi connectivity index (χ4n) is 3.03. The first-order valence-electron chi connectivity index (χ1n) is 9.80. The van der Waals surface area contributed by atoms with E-state index in [1.807, 2.05) is 17.5 Å². The molecule has 0 unspecified atom stereocenters. The lowest BCUT2D eigenvalue weighted by molar-refractivity contribution is -0.113. The number of hydrogen-bond acceptors (Lipinski definition) is 9. The number of carbonyl (C=O) groups excluding carboxylic acids is 1. The molecule has 3 aromatic heterocycles. The van der Waals surface area contributed by atoms with Crippen LogP contribution in [0.1, 0.15) is 30.3 Å². The van der Waals surface area contributed by atoms with Crippen LogP contribution in [0.5, 0.6) is 0 Å². The number of hydrogen-bond donors (Lipinski definition) is 2. The van der Waals surface area contributed by atoms with Crippen molar-refractivity contribution >= 4 is 55.7 Å². The lowest BCUT2D eigenvalue weighted by atomic mass is 9.99. The van der Waals surface area contributed by atoms with E-state index >= 15 is 0 Å². The van der Waals surface area contributed by atoms with Gasteiger partial charge in [0.2, 0.25) is 11.0 Å². The molecule has 2 N–H and O–H groups in total. The number of benzene rings is 1. The first-order valence-corrected chi connectivity index (χ1v) is 12.5. The van der Waals surface area contributed by atoms with Gasteiger partial charge in [-0.25, -0.2) is 4.98 Å². The third kappa shape index (κ3) is 5.07. The smallest absolute Gasteiger partial charge is 0.260 e. The molecule has 0 atom stereocenters. The van der Waals surface area contributed by atoms with Crippen molar-refractivity contribution in [1.82, 2.24) is 20.2 Å². The number of anilines is 1. The summed E-state index contributed by atoms with van der Waals surface area (Å²) >= 11 is 3.84. The number of H-pyrrole nitrogens is 1. The zero-order chi connectivity index (χ0) is 22.7. The summed E-state index contributed by atoms with van der Waals surface area (Å²) < 4.78 is 4.99. The van der Waals surface area contributed by atoms with E-state index in [1.54, 1.807) is 7.11 Å². The van der Waals surface area contributed by atoms with E-state index in [0.717, 1.165) is 22.9 Å². The van der Waals surface area contributed by atoms with Gasteiger partial charge < -0.3 is 9.72 Å². The van der Waals surface area contributed by atoms with E-state index in [9.17, 15) is 9.59 Å². The number of thiophene rings is 1. The second-order valence-corrected chi connectivity index (χ2v) is 10.1. The molecule has 1 amide bonds. The molecule has 1 aromatic carbocycles. The average Bonchev–Trinajstić information content (AvgIpc) is 3.40. The van der Waals surface area contributed by atoms with Gasteiger partial charge in [-0.05, 0) is 17.0 Å². The largest absolute Gasteiger partial charge is 0.377 e. The van der Waals surface area contributed by atoms with Gasteiger partial charge in [0.15, 0.2) is 5.16 Å². The van der Waals surface area contributed by atoms with Crippen molar-refractivity contribution in [3.05, 3.63) is 50.6 Å². The first-order chi connectivity index (χ1) is 15.4. The van der Waals surface area contributed by atoms with Crippen molar-refractivity contribution < 1.29 is 9.53 Å².